The highest BCUT2D eigenvalue weighted by Crippen LogP contribution is 1.98. The van der Waals surface area contributed by atoms with Gasteiger partial charge in [0.2, 0.25) is 0 Å². The highest BCUT2D eigenvalue weighted by atomic mass is 79.9. The van der Waals surface area contributed by atoms with E-state index in [4.69, 9.17) is 5.11 Å². The highest BCUT2D eigenvalue weighted by molar-refractivity contribution is 9.09. The van der Waals surface area contributed by atoms with E-state index >= 15 is 0 Å². The van der Waals surface area contributed by atoms with Crippen molar-refractivity contribution in [3.63, 3.8) is 0 Å². The van der Waals surface area contributed by atoms with E-state index in [1.54, 1.807) is 7.05 Å². The van der Waals surface area contributed by atoms with E-state index in [1.807, 2.05) is 0 Å². The molecule has 0 radical (unpaired) electrons. The number of aliphatic hydroxyl groups excluding tert-OH is 1. The lowest BCUT2D eigenvalue weighted by atomic mass is 10.4. The zero-order valence-corrected chi connectivity index (χ0v) is 7.89. The molecule has 0 aromatic heterocycles. The number of halogens is 3. The van der Waals surface area contributed by atoms with E-state index in [9.17, 15) is 8.78 Å². The van der Waals surface area contributed by atoms with Crippen LogP contribution in [0.3, 0.4) is 0 Å². The summed E-state index contributed by atoms with van der Waals surface area (Å²) in [6.45, 7) is -0.0142. The van der Waals surface area contributed by atoms with Crippen molar-refractivity contribution in [2.45, 2.75) is 12.5 Å². The van der Waals surface area contributed by atoms with E-state index in [2.05, 4.69) is 15.9 Å². The number of hydrogen-bond acceptors (Lipinski definition) is 2. The number of hydrogen-bond donors (Lipinski definition) is 1. The van der Waals surface area contributed by atoms with Gasteiger partial charge in [-0.3, -0.25) is 4.90 Å². The Morgan fingerprint density at radius 3 is 2.36 bits per heavy atom. The van der Waals surface area contributed by atoms with Crippen molar-refractivity contribution in [3.05, 3.63) is 0 Å². The van der Waals surface area contributed by atoms with E-state index in [0.29, 0.717) is 5.33 Å². The predicted molar refractivity (Wildman–Crippen MR) is 43.3 cm³/mol. The second kappa shape index (κ2) is 5.85. The Bertz CT molecular complexity index is 105. The first-order chi connectivity index (χ1) is 5.06. The molecular formula is C6H12BrF2NO. The van der Waals surface area contributed by atoms with Crippen LogP contribution in [-0.2, 0) is 0 Å². The first-order valence-corrected chi connectivity index (χ1v) is 4.39. The molecule has 1 unspecified atom stereocenters. The molecule has 0 aromatic carbocycles. The van der Waals surface area contributed by atoms with Crippen molar-refractivity contribution in [2.24, 2.45) is 0 Å². The van der Waals surface area contributed by atoms with Crippen LogP contribution in [-0.4, -0.2) is 48.0 Å². The van der Waals surface area contributed by atoms with Crippen LogP contribution >= 0.6 is 15.9 Å². The third kappa shape index (κ3) is 6.65. The maximum Gasteiger partial charge on any atom is 0.251 e. The van der Waals surface area contributed by atoms with Crippen LogP contribution in [0.25, 0.3) is 0 Å². The van der Waals surface area contributed by atoms with Crippen molar-refractivity contribution in [2.75, 3.05) is 25.5 Å². The topological polar surface area (TPSA) is 23.5 Å². The lowest BCUT2D eigenvalue weighted by Gasteiger charge is -2.18. The molecule has 0 aliphatic heterocycles. The van der Waals surface area contributed by atoms with Crippen LogP contribution in [0.2, 0.25) is 0 Å². The molecular weight excluding hydrogens is 220 g/mol. The van der Waals surface area contributed by atoms with Gasteiger partial charge in [-0.05, 0) is 7.05 Å². The fourth-order valence-corrected chi connectivity index (χ4v) is 0.923. The summed E-state index contributed by atoms with van der Waals surface area (Å²) in [6.07, 6.45) is -2.90. The summed E-state index contributed by atoms with van der Waals surface area (Å²) in [7, 11) is 1.55. The Morgan fingerprint density at radius 2 is 2.00 bits per heavy atom. The molecule has 1 atom stereocenters. The fraction of sp³-hybridized carbons (Fsp3) is 1.00. The quantitative estimate of drug-likeness (QED) is 0.713. The Morgan fingerprint density at radius 1 is 1.45 bits per heavy atom. The van der Waals surface area contributed by atoms with Crippen LogP contribution in [0, 0.1) is 0 Å². The lowest BCUT2D eigenvalue weighted by molar-refractivity contribution is 0.0752. The Balaban J connectivity index is 3.43. The average Bonchev–Trinajstić information content (AvgIpc) is 1.85. The lowest BCUT2D eigenvalue weighted by Crippen LogP contribution is -2.33. The van der Waals surface area contributed by atoms with Gasteiger partial charge in [-0.1, -0.05) is 15.9 Å². The molecule has 0 saturated heterocycles. The maximum absolute atomic E-state index is 11.7. The molecule has 0 aliphatic carbocycles. The average molecular weight is 232 g/mol. The van der Waals surface area contributed by atoms with E-state index in [-0.39, 0.29) is 13.1 Å². The number of aliphatic hydroxyl groups is 1. The van der Waals surface area contributed by atoms with E-state index in [1.165, 1.54) is 4.90 Å². The van der Waals surface area contributed by atoms with Crippen LogP contribution in [0.1, 0.15) is 0 Å². The van der Waals surface area contributed by atoms with Gasteiger partial charge in [0.25, 0.3) is 6.43 Å². The summed E-state index contributed by atoms with van der Waals surface area (Å²) in [5.74, 6) is 0. The molecule has 0 rings (SSSR count). The summed E-state index contributed by atoms with van der Waals surface area (Å²) < 4.78 is 23.4. The van der Waals surface area contributed by atoms with Crippen LogP contribution in [0.15, 0.2) is 0 Å². The van der Waals surface area contributed by atoms with Gasteiger partial charge in [0.1, 0.15) is 0 Å². The molecule has 11 heavy (non-hydrogen) atoms. The van der Waals surface area contributed by atoms with Gasteiger partial charge < -0.3 is 5.11 Å². The van der Waals surface area contributed by atoms with Gasteiger partial charge in [0, 0.05) is 11.9 Å². The molecule has 0 aliphatic rings. The van der Waals surface area contributed by atoms with Gasteiger partial charge in [-0.15, -0.1) is 0 Å². The SMILES string of the molecule is CN(CC(F)F)CC(O)CBr. The van der Waals surface area contributed by atoms with Gasteiger partial charge in [0.05, 0.1) is 12.6 Å². The number of nitrogens with zero attached hydrogens (tertiary/aromatic N) is 1. The van der Waals surface area contributed by atoms with E-state index < -0.39 is 12.5 Å². The molecule has 0 bridgehead atoms. The summed E-state index contributed by atoms with van der Waals surface area (Å²) >= 11 is 3.05. The second-order valence-electron chi connectivity index (χ2n) is 2.42. The minimum absolute atomic E-state index is 0.273. The van der Waals surface area contributed by atoms with Crippen LogP contribution in [0.5, 0.6) is 0 Å². The molecule has 5 heteroatoms. The second-order valence-corrected chi connectivity index (χ2v) is 3.07. The molecule has 0 spiro atoms. The number of rotatable bonds is 5. The third-order valence-corrected chi connectivity index (χ3v) is 1.90. The highest BCUT2D eigenvalue weighted by Gasteiger charge is 2.10. The molecule has 2 nitrogen and oxygen atoms in total. The maximum atomic E-state index is 11.7. The van der Waals surface area contributed by atoms with Crippen molar-refractivity contribution in [1.82, 2.24) is 4.90 Å². The molecule has 0 heterocycles. The zero-order chi connectivity index (χ0) is 8.85. The number of likely N-dealkylation sites (N-methyl/N-ethyl adjacent to an activating group) is 1. The van der Waals surface area contributed by atoms with Gasteiger partial charge >= 0.3 is 0 Å². The van der Waals surface area contributed by atoms with Crippen molar-refractivity contribution >= 4 is 15.9 Å². The predicted octanol–water partition coefficient (Wildman–Crippen LogP) is 0.939. The van der Waals surface area contributed by atoms with E-state index in [0.717, 1.165) is 0 Å². The minimum Gasteiger partial charge on any atom is -0.391 e. The zero-order valence-electron chi connectivity index (χ0n) is 6.30. The monoisotopic (exact) mass is 231 g/mol. The first kappa shape index (κ1) is 11.3. The van der Waals surface area contributed by atoms with Crippen molar-refractivity contribution < 1.29 is 13.9 Å². The first-order valence-electron chi connectivity index (χ1n) is 3.27. The molecule has 0 saturated carbocycles. The van der Waals surface area contributed by atoms with Crippen molar-refractivity contribution in [3.8, 4) is 0 Å². The van der Waals surface area contributed by atoms with Gasteiger partial charge in [-0.2, -0.15) is 0 Å². The standard InChI is InChI=1S/C6H12BrF2NO/c1-10(4-6(8)9)3-5(11)2-7/h5-6,11H,2-4H2,1H3. The minimum atomic E-state index is -2.33. The Hall–Kier alpha value is 0.260. The third-order valence-electron chi connectivity index (χ3n) is 1.15. The summed E-state index contributed by atoms with van der Waals surface area (Å²) in [5, 5.41) is 9.43. The number of alkyl halides is 3. The Kier molecular flexibility index (Phi) is 5.99. The largest absolute Gasteiger partial charge is 0.391 e. The smallest absolute Gasteiger partial charge is 0.251 e. The van der Waals surface area contributed by atoms with Gasteiger partial charge in [0.15, 0.2) is 0 Å². The molecule has 0 fully saturated rings. The molecule has 0 amide bonds. The summed E-state index contributed by atoms with van der Waals surface area (Å²) in [5.41, 5.74) is 0. The van der Waals surface area contributed by atoms with Gasteiger partial charge in [-0.25, -0.2) is 8.78 Å². The van der Waals surface area contributed by atoms with Crippen molar-refractivity contribution in [1.29, 1.82) is 0 Å². The molecule has 1 N–H and O–H groups in total. The van der Waals surface area contributed by atoms with Crippen LogP contribution in [0.4, 0.5) is 8.78 Å². The molecule has 0 aromatic rings. The summed E-state index contributed by atoms with van der Waals surface area (Å²) in [4.78, 5) is 1.40. The fourth-order valence-electron chi connectivity index (χ4n) is 0.719. The Labute approximate surface area is 73.3 Å². The normalized spacial score (nSPS) is 14.5. The van der Waals surface area contributed by atoms with Crippen LogP contribution < -0.4 is 0 Å². The molecule has 68 valence electrons. The summed E-state index contributed by atoms with van der Waals surface area (Å²) in [6, 6.07) is 0.